The highest BCUT2D eigenvalue weighted by Crippen LogP contribution is 2.44. The molecule has 0 unspecified atom stereocenters. The van der Waals surface area contributed by atoms with Gasteiger partial charge in [0.15, 0.2) is 28.6 Å². The van der Waals surface area contributed by atoms with E-state index in [2.05, 4.69) is 0 Å². The van der Waals surface area contributed by atoms with Gasteiger partial charge in [0.1, 0.15) is 35.6 Å². The van der Waals surface area contributed by atoms with Crippen LogP contribution >= 0.6 is 0 Å². The van der Waals surface area contributed by atoms with Crippen LogP contribution in [0.3, 0.4) is 0 Å². The highest BCUT2D eigenvalue weighted by Gasteiger charge is 2.45. The Bertz CT molecular complexity index is 1300. The van der Waals surface area contributed by atoms with Crippen molar-refractivity contribution in [3.05, 3.63) is 34.5 Å². The Morgan fingerprint density at radius 1 is 0.853 bits per heavy atom. The fraction of sp³-hybridized carbons (Fsp3) is 0.286. The third-order valence-corrected chi connectivity index (χ3v) is 5.38. The summed E-state index contributed by atoms with van der Waals surface area (Å²) in [7, 11) is 0. The number of hydrogen-bond donors (Lipinski definition) is 9. The van der Waals surface area contributed by atoms with Crippen LogP contribution in [0.5, 0.6) is 34.5 Å². The second-order valence-electron chi connectivity index (χ2n) is 7.58. The van der Waals surface area contributed by atoms with Crippen molar-refractivity contribution in [2.75, 3.05) is 6.61 Å². The summed E-state index contributed by atoms with van der Waals surface area (Å²) < 4.78 is 16.2. The average Bonchev–Trinajstić information content (AvgIpc) is 2.80. The first kappa shape index (κ1) is 23.4. The zero-order valence-corrected chi connectivity index (χ0v) is 17.1. The van der Waals surface area contributed by atoms with E-state index in [1.807, 2.05) is 0 Å². The molecule has 13 nitrogen and oxygen atoms in total. The van der Waals surface area contributed by atoms with E-state index in [9.17, 15) is 50.8 Å². The lowest BCUT2D eigenvalue weighted by Crippen LogP contribution is -2.60. The summed E-state index contributed by atoms with van der Waals surface area (Å²) in [6.45, 7) is -0.759. The van der Waals surface area contributed by atoms with Crippen molar-refractivity contribution < 1.29 is 59.8 Å². The van der Waals surface area contributed by atoms with Gasteiger partial charge in [-0.15, -0.1) is 0 Å². The Balaban J connectivity index is 1.89. The Labute approximate surface area is 189 Å². The first-order valence-electron chi connectivity index (χ1n) is 9.79. The number of aliphatic hydroxyl groups excluding tert-OH is 4. The number of phenols is 4. The van der Waals surface area contributed by atoms with Crippen LogP contribution < -0.4 is 10.2 Å². The molecule has 2 heterocycles. The smallest absolute Gasteiger partial charge is 0.238 e. The molecule has 1 aliphatic rings. The van der Waals surface area contributed by atoms with Crippen LogP contribution in [0.15, 0.2) is 33.5 Å². The normalized spacial score (nSPS) is 24.9. The van der Waals surface area contributed by atoms with Crippen LogP contribution in [0.1, 0.15) is 0 Å². The summed E-state index contributed by atoms with van der Waals surface area (Å²) >= 11 is 0. The van der Waals surface area contributed by atoms with Gasteiger partial charge in [-0.2, -0.15) is 0 Å². The summed E-state index contributed by atoms with van der Waals surface area (Å²) in [4.78, 5) is 12.8. The molecule has 4 rings (SSSR count). The number of aliphatic hydroxyl groups is 4. The summed E-state index contributed by atoms with van der Waals surface area (Å²) in [6.07, 6.45) is -8.50. The maximum absolute atomic E-state index is 12.8. The van der Waals surface area contributed by atoms with Gasteiger partial charge in [-0.1, -0.05) is 0 Å². The fourth-order valence-corrected chi connectivity index (χ4v) is 3.56. The SMILES string of the molecule is O=c1c(O)c(-c2ccc(O)c(O)c2)oc2c(O[C@H]3O[C@H](CO)[C@H](O)[C@H](O)[C@@H]3O)c(O)cc(O)c12. The van der Waals surface area contributed by atoms with Crippen LogP contribution in [0.2, 0.25) is 0 Å². The van der Waals surface area contributed by atoms with Gasteiger partial charge in [0.05, 0.1) is 6.61 Å². The standard InChI is InChI=1S/C21H20O13/c22-5-11-13(27)15(29)17(31)21(32-11)34-19-10(26)4-9(25)12-14(28)16(30)18(33-20(12)19)6-1-2-7(23)8(24)3-6/h1-4,11,13,15,17,21-27,29-31H,5H2/t11-,13+,15+,17+,21-/m1/s1. The van der Waals surface area contributed by atoms with E-state index < -0.39 is 94.0 Å². The second kappa shape index (κ2) is 8.55. The molecule has 0 amide bonds. The number of phenolic OH excluding ortho intramolecular Hbond substituents is 4. The number of aromatic hydroxyl groups is 5. The van der Waals surface area contributed by atoms with E-state index in [-0.39, 0.29) is 5.56 Å². The average molecular weight is 480 g/mol. The van der Waals surface area contributed by atoms with Crippen molar-refractivity contribution in [2.45, 2.75) is 30.7 Å². The lowest BCUT2D eigenvalue weighted by molar-refractivity contribution is -0.277. The molecule has 2 aromatic carbocycles. The summed E-state index contributed by atoms with van der Waals surface area (Å²) in [5.74, 6) is -4.84. The van der Waals surface area contributed by atoms with Crippen LogP contribution in [-0.2, 0) is 4.74 Å². The van der Waals surface area contributed by atoms with Gasteiger partial charge >= 0.3 is 0 Å². The van der Waals surface area contributed by atoms with Crippen molar-refractivity contribution >= 4 is 11.0 Å². The molecular formula is C21H20O13. The number of ether oxygens (including phenoxy) is 2. The van der Waals surface area contributed by atoms with Crippen molar-refractivity contribution in [1.29, 1.82) is 0 Å². The minimum atomic E-state index is -1.88. The molecule has 9 N–H and O–H groups in total. The van der Waals surface area contributed by atoms with Crippen molar-refractivity contribution in [3.63, 3.8) is 0 Å². The van der Waals surface area contributed by atoms with E-state index in [4.69, 9.17) is 13.9 Å². The lowest BCUT2D eigenvalue weighted by atomic mass is 9.99. The number of hydrogen-bond acceptors (Lipinski definition) is 13. The van der Waals surface area contributed by atoms with Crippen molar-refractivity contribution in [2.24, 2.45) is 0 Å². The molecule has 0 radical (unpaired) electrons. The molecule has 0 bridgehead atoms. The Kier molecular flexibility index (Phi) is 5.89. The molecule has 182 valence electrons. The summed E-state index contributed by atoms with van der Waals surface area (Å²) in [5.41, 5.74) is -1.84. The molecular weight excluding hydrogens is 460 g/mol. The van der Waals surface area contributed by atoms with Gasteiger partial charge in [0.2, 0.25) is 23.2 Å². The van der Waals surface area contributed by atoms with Crippen LogP contribution in [-0.4, -0.2) is 83.3 Å². The zero-order chi connectivity index (χ0) is 24.9. The maximum atomic E-state index is 12.8. The first-order valence-corrected chi connectivity index (χ1v) is 9.79. The molecule has 0 aliphatic carbocycles. The number of rotatable bonds is 4. The van der Waals surface area contributed by atoms with Gasteiger partial charge < -0.3 is 59.8 Å². The van der Waals surface area contributed by atoms with Gasteiger partial charge in [0, 0.05) is 11.6 Å². The van der Waals surface area contributed by atoms with Crippen molar-refractivity contribution in [1.82, 2.24) is 0 Å². The molecule has 1 aliphatic heterocycles. The predicted molar refractivity (Wildman–Crippen MR) is 111 cm³/mol. The molecule has 1 saturated heterocycles. The molecule has 0 saturated carbocycles. The fourth-order valence-electron chi connectivity index (χ4n) is 3.56. The van der Waals surface area contributed by atoms with Gasteiger partial charge in [0.25, 0.3) is 0 Å². The summed E-state index contributed by atoms with van der Waals surface area (Å²) in [6, 6.07) is 3.92. The summed E-state index contributed by atoms with van der Waals surface area (Å²) in [5, 5.41) is 89.0. The minimum Gasteiger partial charge on any atom is -0.507 e. The third kappa shape index (κ3) is 3.70. The zero-order valence-electron chi connectivity index (χ0n) is 17.1. The molecule has 5 atom stereocenters. The van der Waals surface area contributed by atoms with Crippen LogP contribution in [0.4, 0.5) is 0 Å². The molecule has 1 fully saturated rings. The Morgan fingerprint density at radius 3 is 2.21 bits per heavy atom. The van der Waals surface area contributed by atoms with E-state index in [0.29, 0.717) is 6.07 Å². The van der Waals surface area contributed by atoms with Gasteiger partial charge in [-0.25, -0.2) is 0 Å². The second-order valence-corrected chi connectivity index (χ2v) is 7.58. The predicted octanol–water partition coefficient (Wildman–Crippen LogP) is -0.833. The highest BCUT2D eigenvalue weighted by atomic mass is 16.7. The van der Waals surface area contributed by atoms with Gasteiger partial charge in [-0.3, -0.25) is 4.79 Å². The largest absolute Gasteiger partial charge is 0.507 e. The quantitative estimate of drug-likeness (QED) is 0.208. The number of benzene rings is 2. The van der Waals surface area contributed by atoms with Gasteiger partial charge in [-0.05, 0) is 18.2 Å². The topological polar surface area (TPSA) is 231 Å². The van der Waals surface area contributed by atoms with E-state index in [1.54, 1.807) is 0 Å². The molecule has 0 spiro atoms. The molecule has 34 heavy (non-hydrogen) atoms. The van der Waals surface area contributed by atoms with E-state index >= 15 is 0 Å². The minimum absolute atomic E-state index is 0.0755. The molecule has 1 aromatic heterocycles. The first-order chi connectivity index (χ1) is 16.0. The van der Waals surface area contributed by atoms with Crippen molar-refractivity contribution in [3.8, 4) is 45.8 Å². The molecule has 13 heteroatoms. The third-order valence-electron chi connectivity index (χ3n) is 5.38. The van der Waals surface area contributed by atoms with E-state index in [0.717, 1.165) is 12.1 Å². The number of fused-ring (bicyclic) bond motifs is 1. The monoisotopic (exact) mass is 480 g/mol. The lowest BCUT2D eigenvalue weighted by Gasteiger charge is -2.39. The van der Waals surface area contributed by atoms with Crippen LogP contribution in [0.25, 0.3) is 22.3 Å². The van der Waals surface area contributed by atoms with E-state index in [1.165, 1.54) is 6.07 Å². The Hall–Kier alpha value is -3.75. The highest BCUT2D eigenvalue weighted by molar-refractivity contribution is 5.93. The Morgan fingerprint density at radius 2 is 1.56 bits per heavy atom. The van der Waals surface area contributed by atoms with Crippen LogP contribution in [0, 0.1) is 0 Å². The maximum Gasteiger partial charge on any atom is 0.238 e. The molecule has 3 aromatic rings.